The van der Waals surface area contributed by atoms with Gasteiger partial charge >= 0.3 is 0 Å². The van der Waals surface area contributed by atoms with E-state index < -0.39 is 0 Å². The van der Waals surface area contributed by atoms with Crippen LogP contribution in [0.15, 0.2) is 30.5 Å². The number of para-hydroxylation sites is 1. The Labute approximate surface area is 113 Å². The average Bonchev–Trinajstić information content (AvgIpc) is 2.83. The van der Waals surface area contributed by atoms with Gasteiger partial charge in [-0.15, -0.1) is 0 Å². The maximum Gasteiger partial charge on any atom is 0.124 e. The van der Waals surface area contributed by atoms with Crippen LogP contribution in [-0.2, 0) is 6.54 Å². The van der Waals surface area contributed by atoms with Gasteiger partial charge in [-0.25, -0.2) is 0 Å². The molecule has 0 saturated carbocycles. The Balaban J connectivity index is 1.78. The lowest BCUT2D eigenvalue weighted by molar-refractivity contribution is 0.188. The second kappa shape index (κ2) is 5.05. The third-order valence-corrected chi connectivity index (χ3v) is 3.77. The quantitative estimate of drug-likeness (QED) is 0.888. The average molecular weight is 257 g/mol. The van der Waals surface area contributed by atoms with Gasteiger partial charge < -0.3 is 10.1 Å². The highest BCUT2D eigenvalue weighted by molar-refractivity contribution is 5.38. The van der Waals surface area contributed by atoms with Crippen molar-refractivity contribution in [2.45, 2.75) is 26.4 Å². The fourth-order valence-electron chi connectivity index (χ4n) is 2.58. The monoisotopic (exact) mass is 257 g/mol. The van der Waals surface area contributed by atoms with Gasteiger partial charge in [-0.3, -0.25) is 5.10 Å². The second-order valence-electron chi connectivity index (χ2n) is 5.20. The van der Waals surface area contributed by atoms with Crippen LogP contribution in [0.2, 0.25) is 0 Å². The summed E-state index contributed by atoms with van der Waals surface area (Å²) in [5.41, 5.74) is 3.60. The highest BCUT2D eigenvalue weighted by atomic mass is 16.5. The molecule has 19 heavy (non-hydrogen) atoms. The lowest BCUT2D eigenvalue weighted by Gasteiger charge is -2.32. The lowest BCUT2D eigenvalue weighted by Crippen LogP contribution is -2.33. The number of hydrogen-bond acceptors (Lipinski definition) is 3. The molecule has 0 radical (unpaired) electrons. The first-order valence-electron chi connectivity index (χ1n) is 6.69. The number of aryl methyl sites for hydroxylation is 1. The number of fused-ring (bicyclic) bond motifs is 1. The van der Waals surface area contributed by atoms with E-state index in [-0.39, 0.29) is 0 Å². The van der Waals surface area contributed by atoms with Crippen molar-refractivity contribution in [3.63, 3.8) is 0 Å². The molecule has 1 aliphatic heterocycles. The zero-order valence-electron chi connectivity index (χ0n) is 11.3. The van der Waals surface area contributed by atoms with E-state index in [1.807, 2.05) is 25.3 Å². The largest absolute Gasteiger partial charge is 0.493 e. The van der Waals surface area contributed by atoms with Crippen molar-refractivity contribution < 1.29 is 4.74 Å². The molecular weight excluding hydrogens is 238 g/mol. The number of rotatable bonds is 3. The highest BCUT2D eigenvalue weighted by Crippen LogP contribution is 2.35. The molecule has 2 atom stereocenters. The van der Waals surface area contributed by atoms with Crippen LogP contribution in [0.25, 0.3) is 0 Å². The molecule has 2 N–H and O–H groups in total. The number of nitrogens with one attached hydrogen (secondary N) is 2. The standard InChI is InChI=1S/C15H19N3O/c1-10-9-19-14-6-4-3-5-13(14)15(10)16-7-12-8-17-18-11(12)2/h3-6,8,10,15-16H,7,9H2,1-2H3,(H,17,18). The molecule has 1 aromatic heterocycles. The van der Waals surface area contributed by atoms with Crippen LogP contribution in [0, 0.1) is 12.8 Å². The van der Waals surface area contributed by atoms with Gasteiger partial charge in [0.2, 0.25) is 0 Å². The van der Waals surface area contributed by atoms with Crippen LogP contribution in [-0.4, -0.2) is 16.8 Å². The number of aromatic amines is 1. The Morgan fingerprint density at radius 3 is 3.05 bits per heavy atom. The summed E-state index contributed by atoms with van der Waals surface area (Å²) in [6.45, 7) is 5.85. The zero-order valence-corrected chi connectivity index (χ0v) is 11.3. The normalized spacial score (nSPS) is 21.8. The van der Waals surface area contributed by atoms with Crippen LogP contribution < -0.4 is 10.1 Å². The van der Waals surface area contributed by atoms with E-state index >= 15 is 0 Å². The maximum absolute atomic E-state index is 5.77. The van der Waals surface area contributed by atoms with E-state index in [0.29, 0.717) is 12.0 Å². The summed E-state index contributed by atoms with van der Waals surface area (Å²) in [6.07, 6.45) is 1.89. The van der Waals surface area contributed by atoms with Gasteiger partial charge in [-0.1, -0.05) is 25.1 Å². The first-order chi connectivity index (χ1) is 9.25. The minimum absolute atomic E-state index is 0.333. The van der Waals surface area contributed by atoms with Gasteiger partial charge in [0.25, 0.3) is 0 Å². The van der Waals surface area contributed by atoms with Gasteiger partial charge in [-0.05, 0) is 13.0 Å². The van der Waals surface area contributed by atoms with Gasteiger partial charge in [0.05, 0.1) is 12.8 Å². The molecule has 1 aromatic carbocycles. The van der Waals surface area contributed by atoms with Crippen LogP contribution >= 0.6 is 0 Å². The number of aromatic nitrogens is 2. The summed E-state index contributed by atoms with van der Waals surface area (Å²) in [4.78, 5) is 0. The Morgan fingerprint density at radius 2 is 2.26 bits per heavy atom. The Hall–Kier alpha value is -1.81. The smallest absolute Gasteiger partial charge is 0.124 e. The van der Waals surface area contributed by atoms with Crippen molar-refractivity contribution in [1.29, 1.82) is 0 Å². The number of hydrogen-bond donors (Lipinski definition) is 2. The first-order valence-corrected chi connectivity index (χ1v) is 6.69. The predicted molar refractivity (Wildman–Crippen MR) is 74.0 cm³/mol. The molecule has 100 valence electrons. The number of nitrogens with zero attached hydrogens (tertiary/aromatic N) is 1. The molecule has 4 nitrogen and oxygen atoms in total. The van der Waals surface area contributed by atoms with E-state index in [0.717, 1.165) is 24.6 Å². The van der Waals surface area contributed by atoms with E-state index in [9.17, 15) is 0 Å². The molecular formula is C15H19N3O. The van der Waals surface area contributed by atoms with E-state index in [4.69, 9.17) is 4.74 Å². The Morgan fingerprint density at radius 1 is 1.42 bits per heavy atom. The van der Waals surface area contributed by atoms with Crippen molar-refractivity contribution in [2.24, 2.45) is 5.92 Å². The minimum Gasteiger partial charge on any atom is -0.493 e. The fraction of sp³-hybridized carbons (Fsp3) is 0.400. The van der Waals surface area contributed by atoms with Crippen molar-refractivity contribution in [1.82, 2.24) is 15.5 Å². The van der Waals surface area contributed by atoms with Gasteiger partial charge in [0, 0.05) is 35.3 Å². The summed E-state index contributed by atoms with van der Waals surface area (Å²) in [7, 11) is 0. The van der Waals surface area contributed by atoms with E-state index in [1.54, 1.807) is 0 Å². The Bertz CT molecular complexity index is 564. The molecule has 1 aliphatic rings. The third-order valence-electron chi connectivity index (χ3n) is 3.77. The SMILES string of the molecule is Cc1[nH]ncc1CNC1c2ccccc2OCC1C. The molecule has 3 rings (SSSR count). The molecule has 4 heteroatoms. The van der Waals surface area contributed by atoms with Crippen molar-refractivity contribution >= 4 is 0 Å². The summed E-state index contributed by atoms with van der Waals surface area (Å²) < 4.78 is 5.77. The molecule has 0 fully saturated rings. The summed E-state index contributed by atoms with van der Waals surface area (Å²) in [5, 5.41) is 10.7. The van der Waals surface area contributed by atoms with Crippen molar-refractivity contribution in [2.75, 3.05) is 6.61 Å². The van der Waals surface area contributed by atoms with E-state index in [1.165, 1.54) is 11.1 Å². The molecule has 2 heterocycles. The highest BCUT2D eigenvalue weighted by Gasteiger charge is 2.27. The van der Waals surface area contributed by atoms with Crippen LogP contribution in [0.1, 0.15) is 29.8 Å². The van der Waals surface area contributed by atoms with Gasteiger partial charge in [0.1, 0.15) is 5.75 Å². The van der Waals surface area contributed by atoms with Gasteiger partial charge in [-0.2, -0.15) is 5.10 Å². The first kappa shape index (κ1) is 12.2. The second-order valence-corrected chi connectivity index (χ2v) is 5.20. The third kappa shape index (κ3) is 2.36. The number of ether oxygens (including phenoxy) is 1. The molecule has 0 spiro atoms. The van der Waals surface area contributed by atoms with Crippen LogP contribution in [0.4, 0.5) is 0 Å². The zero-order chi connectivity index (χ0) is 13.2. The Kier molecular flexibility index (Phi) is 3.25. The van der Waals surface area contributed by atoms with Crippen molar-refractivity contribution in [3.8, 4) is 5.75 Å². The predicted octanol–water partition coefficient (Wildman–Crippen LogP) is 2.58. The number of benzene rings is 1. The van der Waals surface area contributed by atoms with E-state index in [2.05, 4.69) is 34.6 Å². The summed E-state index contributed by atoms with van der Waals surface area (Å²) >= 11 is 0. The molecule has 0 saturated heterocycles. The van der Waals surface area contributed by atoms with Crippen LogP contribution in [0.5, 0.6) is 5.75 Å². The lowest BCUT2D eigenvalue weighted by atomic mass is 9.92. The molecule has 0 amide bonds. The molecule has 2 aromatic rings. The topological polar surface area (TPSA) is 49.9 Å². The number of H-pyrrole nitrogens is 1. The van der Waals surface area contributed by atoms with Crippen LogP contribution in [0.3, 0.4) is 0 Å². The molecule has 0 bridgehead atoms. The summed E-state index contributed by atoms with van der Waals surface area (Å²) in [6, 6.07) is 8.60. The molecule has 2 unspecified atom stereocenters. The summed E-state index contributed by atoms with van der Waals surface area (Å²) in [5.74, 6) is 1.46. The fourth-order valence-corrected chi connectivity index (χ4v) is 2.58. The maximum atomic E-state index is 5.77. The minimum atomic E-state index is 0.333. The molecule has 0 aliphatic carbocycles. The van der Waals surface area contributed by atoms with Crippen molar-refractivity contribution in [3.05, 3.63) is 47.3 Å². The van der Waals surface area contributed by atoms with Gasteiger partial charge in [0.15, 0.2) is 0 Å².